The lowest BCUT2D eigenvalue weighted by molar-refractivity contribution is -0.121. The first-order chi connectivity index (χ1) is 14.2. The molecule has 6 nitrogen and oxygen atoms in total. The first kappa shape index (κ1) is 23.6. The van der Waals surface area contributed by atoms with Crippen LogP contribution in [0.15, 0.2) is 40.9 Å². The van der Waals surface area contributed by atoms with Crippen molar-refractivity contribution in [1.29, 1.82) is 5.26 Å². The molecule has 30 heavy (non-hydrogen) atoms. The first-order valence-electron chi connectivity index (χ1n) is 9.70. The zero-order valence-corrected chi connectivity index (χ0v) is 19.4. The van der Waals surface area contributed by atoms with E-state index in [9.17, 15) is 9.59 Å². The van der Waals surface area contributed by atoms with E-state index in [1.807, 2.05) is 57.2 Å². The highest BCUT2D eigenvalue weighted by Crippen LogP contribution is 2.21. The SMILES string of the molecule is Cc1ccc(N(CCC#N)C(=O)CN(C)CC(=O)Nc2ccc(Br)cc2C)cc1C. The highest BCUT2D eigenvalue weighted by Gasteiger charge is 2.19. The minimum Gasteiger partial charge on any atom is -0.325 e. The smallest absolute Gasteiger partial charge is 0.241 e. The van der Waals surface area contributed by atoms with Crippen molar-refractivity contribution in [1.82, 2.24) is 4.90 Å². The molecule has 0 unspecified atom stereocenters. The number of carbonyl (C=O) groups is 2. The quantitative estimate of drug-likeness (QED) is 0.627. The fourth-order valence-electron chi connectivity index (χ4n) is 3.03. The Morgan fingerprint density at radius 2 is 1.77 bits per heavy atom. The first-order valence-corrected chi connectivity index (χ1v) is 10.5. The molecule has 2 aromatic carbocycles. The van der Waals surface area contributed by atoms with Crippen LogP contribution in [-0.2, 0) is 9.59 Å². The Bertz CT molecular complexity index is 968. The van der Waals surface area contributed by atoms with E-state index >= 15 is 0 Å². The van der Waals surface area contributed by atoms with Crippen molar-refractivity contribution in [2.45, 2.75) is 27.2 Å². The second-order valence-corrected chi connectivity index (χ2v) is 8.32. The van der Waals surface area contributed by atoms with Gasteiger partial charge in [0.15, 0.2) is 0 Å². The lowest BCUT2D eigenvalue weighted by Crippen LogP contribution is -2.42. The highest BCUT2D eigenvalue weighted by molar-refractivity contribution is 9.10. The van der Waals surface area contributed by atoms with Gasteiger partial charge in [0.1, 0.15) is 0 Å². The van der Waals surface area contributed by atoms with Crippen LogP contribution >= 0.6 is 15.9 Å². The van der Waals surface area contributed by atoms with Gasteiger partial charge in [-0.25, -0.2) is 0 Å². The van der Waals surface area contributed by atoms with Crippen LogP contribution in [0.3, 0.4) is 0 Å². The average molecular weight is 471 g/mol. The Morgan fingerprint density at radius 3 is 2.40 bits per heavy atom. The number of amides is 2. The number of nitrogens with zero attached hydrogens (tertiary/aromatic N) is 3. The van der Waals surface area contributed by atoms with E-state index in [1.54, 1.807) is 16.8 Å². The van der Waals surface area contributed by atoms with Crippen LogP contribution < -0.4 is 10.2 Å². The molecule has 0 spiro atoms. The molecular weight excluding hydrogens is 444 g/mol. The van der Waals surface area contributed by atoms with Crippen LogP contribution in [0.5, 0.6) is 0 Å². The van der Waals surface area contributed by atoms with Gasteiger partial charge in [-0.15, -0.1) is 0 Å². The molecule has 2 amide bonds. The predicted octanol–water partition coefficient (Wildman–Crippen LogP) is 4.19. The van der Waals surface area contributed by atoms with Gasteiger partial charge in [0.25, 0.3) is 0 Å². The van der Waals surface area contributed by atoms with Gasteiger partial charge in [-0.05, 0) is 74.8 Å². The molecule has 0 atom stereocenters. The van der Waals surface area contributed by atoms with Gasteiger partial charge in [0, 0.05) is 22.4 Å². The molecule has 0 radical (unpaired) electrons. The third-order valence-electron chi connectivity index (χ3n) is 4.83. The number of benzene rings is 2. The predicted molar refractivity (Wildman–Crippen MR) is 124 cm³/mol. The Hall–Kier alpha value is -2.69. The molecule has 0 aromatic heterocycles. The van der Waals surface area contributed by atoms with Gasteiger partial charge in [-0.2, -0.15) is 5.26 Å². The summed E-state index contributed by atoms with van der Waals surface area (Å²) in [5.74, 6) is -0.339. The lowest BCUT2D eigenvalue weighted by atomic mass is 10.1. The number of halogens is 1. The highest BCUT2D eigenvalue weighted by atomic mass is 79.9. The topological polar surface area (TPSA) is 76.4 Å². The molecular formula is C23H27BrN4O2. The summed E-state index contributed by atoms with van der Waals surface area (Å²) < 4.78 is 0.949. The molecule has 0 saturated carbocycles. The minimum absolute atomic E-state index is 0.0745. The van der Waals surface area contributed by atoms with Crippen molar-refractivity contribution in [2.24, 2.45) is 0 Å². The van der Waals surface area contributed by atoms with Crippen LogP contribution in [0, 0.1) is 32.1 Å². The summed E-state index contributed by atoms with van der Waals surface area (Å²) in [5, 5.41) is 11.8. The molecule has 0 aliphatic carbocycles. The normalized spacial score (nSPS) is 10.6. The Labute approximate surface area is 186 Å². The lowest BCUT2D eigenvalue weighted by Gasteiger charge is -2.25. The van der Waals surface area contributed by atoms with Crippen molar-refractivity contribution >= 4 is 39.1 Å². The van der Waals surface area contributed by atoms with Crippen LogP contribution in [0.25, 0.3) is 0 Å². The molecule has 7 heteroatoms. The minimum atomic E-state index is -0.189. The van der Waals surface area contributed by atoms with Crippen LogP contribution in [0.2, 0.25) is 0 Å². The maximum atomic E-state index is 12.9. The van der Waals surface area contributed by atoms with Gasteiger partial charge < -0.3 is 10.2 Å². The molecule has 2 rings (SSSR count). The van der Waals surface area contributed by atoms with E-state index in [0.717, 1.165) is 32.5 Å². The molecule has 0 aliphatic heterocycles. The average Bonchev–Trinajstić information content (AvgIpc) is 2.67. The van der Waals surface area contributed by atoms with Crippen molar-refractivity contribution in [2.75, 3.05) is 36.9 Å². The van der Waals surface area contributed by atoms with Crippen molar-refractivity contribution < 1.29 is 9.59 Å². The van der Waals surface area contributed by atoms with E-state index in [4.69, 9.17) is 5.26 Å². The summed E-state index contributed by atoms with van der Waals surface area (Å²) in [7, 11) is 1.73. The molecule has 0 fully saturated rings. The van der Waals surface area contributed by atoms with E-state index < -0.39 is 0 Å². The molecule has 1 N–H and O–H groups in total. The van der Waals surface area contributed by atoms with E-state index in [-0.39, 0.29) is 31.3 Å². The van der Waals surface area contributed by atoms with Gasteiger partial charge in [-0.1, -0.05) is 22.0 Å². The van der Waals surface area contributed by atoms with E-state index in [1.165, 1.54) is 0 Å². The van der Waals surface area contributed by atoms with E-state index in [2.05, 4.69) is 27.3 Å². The number of nitrogens with one attached hydrogen (secondary N) is 1. The second kappa shape index (κ2) is 10.9. The molecule has 0 bridgehead atoms. The maximum Gasteiger partial charge on any atom is 0.241 e. The Morgan fingerprint density at radius 1 is 1.03 bits per heavy atom. The number of hydrogen-bond donors (Lipinski definition) is 1. The molecule has 0 heterocycles. The number of aryl methyl sites for hydroxylation is 3. The fraction of sp³-hybridized carbons (Fsp3) is 0.348. The number of anilines is 2. The van der Waals surface area contributed by atoms with Crippen LogP contribution in [-0.4, -0.2) is 43.4 Å². The van der Waals surface area contributed by atoms with Crippen molar-refractivity contribution in [3.63, 3.8) is 0 Å². The zero-order chi connectivity index (χ0) is 22.3. The van der Waals surface area contributed by atoms with Gasteiger partial charge in [-0.3, -0.25) is 14.5 Å². The monoisotopic (exact) mass is 470 g/mol. The molecule has 158 valence electrons. The standard InChI is InChI=1S/C23H27BrN4O2/c1-16-6-8-20(13-17(16)2)28(11-5-10-25)23(30)15-27(4)14-22(29)26-21-9-7-19(24)12-18(21)3/h6-9,12-13H,5,11,14-15H2,1-4H3,(H,26,29). The van der Waals surface area contributed by atoms with Gasteiger partial charge >= 0.3 is 0 Å². The maximum absolute atomic E-state index is 12.9. The third-order valence-corrected chi connectivity index (χ3v) is 5.32. The fourth-order valence-corrected chi connectivity index (χ4v) is 3.50. The zero-order valence-electron chi connectivity index (χ0n) is 17.8. The van der Waals surface area contributed by atoms with Crippen molar-refractivity contribution in [3.05, 3.63) is 57.6 Å². The number of likely N-dealkylation sites (N-methyl/N-ethyl adjacent to an activating group) is 1. The van der Waals surface area contributed by atoms with Crippen molar-refractivity contribution in [3.8, 4) is 6.07 Å². The van der Waals surface area contributed by atoms with Gasteiger partial charge in [0.05, 0.1) is 25.6 Å². The second-order valence-electron chi connectivity index (χ2n) is 7.40. The molecule has 0 saturated heterocycles. The third kappa shape index (κ3) is 6.68. The number of carbonyl (C=O) groups excluding carboxylic acids is 2. The Kier molecular flexibility index (Phi) is 8.58. The van der Waals surface area contributed by atoms with Crippen LogP contribution in [0.4, 0.5) is 11.4 Å². The summed E-state index contributed by atoms with van der Waals surface area (Å²) in [6.07, 6.45) is 0.242. The number of hydrogen-bond acceptors (Lipinski definition) is 4. The van der Waals surface area contributed by atoms with Crippen LogP contribution in [0.1, 0.15) is 23.1 Å². The van der Waals surface area contributed by atoms with Gasteiger partial charge in [0.2, 0.25) is 11.8 Å². The number of nitriles is 1. The molecule has 0 aliphatic rings. The summed E-state index contributed by atoms with van der Waals surface area (Å²) in [4.78, 5) is 28.6. The van der Waals surface area contributed by atoms with E-state index in [0.29, 0.717) is 6.54 Å². The summed E-state index contributed by atoms with van der Waals surface area (Å²) >= 11 is 3.41. The summed E-state index contributed by atoms with van der Waals surface area (Å²) in [6, 6.07) is 13.5. The number of rotatable bonds is 8. The summed E-state index contributed by atoms with van der Waals surface area (Å²) in [6.45, 7) is 6.40. The largest absolute Gasteiger partial charge is 0.325 e. The summed E-state index contributed by atoms with van der Waals surface area (Å²) in [5.41, 5.74) is 4.69. The Balaban J connectivity index is 2.02. The molecule has 2 aromatic rings.